The molecule has 0 aliphatic heterocycles. The van der Waals surface area contributed by atoms with Crippen LogP contribution in [0.5, 0.6) is 0 Å². The van der Waals surface area contributed by atoms with Crippen molar-refractivity contribution in [2.75, 3.05) is 5.32 Å². The number of anilines is 1. The van der Waals surface area contributed by atoms with Gasteiger partial charge in [0.25, 0.3) is 5.91 Å². The molecular weight excluding hydrogens is 280 g/mol. The molecule has 108 valence electrons. The van der Waals surface area contributed by atoms with Crippen LogP contribution in [0.2, 0.25) is 0 Å². The molecule has 2 aromatic heterocycles. The van der Waals surface area contributed by atoms with Gasteiger partial charge in [0, 0.05) is 12.7 Å². The van der Waals surface area contributed by atoms with Gasteiger partial charge in [-0.25, -0.2) is 0 Å². The smallest absolute Gasteiger partial charge is 0.272 e. The number of hydrogen-bond donors (Lipinski definition) is 1. The average molecular weight is 298 g/mol. The van der Waals surface area contributed by atoms with Gasteiger partial charge in [0.15, 0.2) is 0 Å². The third kappa shape index (κ3) is 2.36. The van der Waals surface area contributed by atoms with Crippen LogP contribution in [0, 0.1) is 20.8 Å². The van der Waals surface area contributed by atoms with E-state index in [9.17, 15) is 4.79 Å². The predicted octanol–water partition coefficient (Wildman–Crippen LogP) is 4.42. The van der Waals surface area contributed by atoms with E-state index >= 15 is 0 Å². The molecule has 1 aromatic carbocycles. The predicted molar refractivity (Wildman–Crippen MR) is 89.4 cm³/mol. The highest BCUT2D eigenvalue weighted by Crippen LogP contribution is 2.26. The van der Waals surface area contributed by atoms with Gasteiger partial charge >= 0.3 is 0 Å². The summed E-state index contributed by atoms with van der Waals surface area (Å²) in [7, 11) is 1.93. The summed E-state index contributed by atoms with van der Waals surface area (Å²) in [6, 6.07) is 8.17. The SMILES string of the molecule is Cc1cc(C)c(NC(=O)c2cc3sccc3n2C)c(C)c1. The second-order valence-corrected chi connectivity index (χ2v) is 6.43. The maximum absolute atomic E-state index is 12.6. The van der Waals surface area contributed by atoms with E-state index in [1.165, 1.54) is 5.56 Å². The zero-order valence-corrected chi connectivity index (χ0v) is 13.5. The van der Waals surface area contributed by atoms with Crippen molar-refractivity contribution in [3.63, 3.8) is 0 Å². The molecule has 0 fully saturated rings. The fourth-order valence-electron chi connectivity index (χ4n) is 2.82. The zero-order chi connectivity index (χ0) is 15.1. The van der Waals surface area contributed by atoms with Gasteiger partial charge < -0.3 is 9.88 Å². The molecule has 21 heavy (non-hydrogen) atoms. The number of benzene rings is 1. The lowest BCUT2D eigenvalue weighted by atomic mass is 10.1. The number of nitrogens with zero attached hydrogens (tertiary/aromatic N) is 1. The average Bonchev–Trinajstić information content (AvgIpc) is 2.97. The monoisotopic (exact) mass is 298 g/mol. The van der Waals surface area contributed by atoms with Crippen LogP contribution in [0.4, 0.5) is 5.69 Å². The molecule has 1 amide bonds. The molecule has 4 heteroatoms. The van der Waals surface area contributed by atoms with Crippen LogP contribution in [-0.2, 0) is 7.05 Å². The Morgan fingerprint density at radius 1 is 1.14 bits per heavy atom. The molecule has 0 saturated carbocycles. The number of hydrogen-bond acceptors (Lipinski definition) is 2. The number of nitrogens with one attached hydrogen (secondary N) is 1. The first kappa shape index (κ1) is 13.9. The van der Waals surface area contributed by atoms with Gasteiger partial charge in [0.2, 0.25) is 0 Å². The van der Waals surface area contributed by atoms with E-state index in [0.29, 0.717) is 5.69 Å². The molecule has 0 saturated heterocycles. The number of carbonyl (C=O) groups excluding carboxylic acids is 1. The molecule has 0 bridgehead atoms. The Bertz CT molecular complexity index is 819. The van der Waals surface area contributed by atoms with Crippen molar-refractivity contribution in [1.29, 1.82) is 0 Å². The van der Waals surface area contributed by atoms with Crippen molar-refractivity contribution in [2.45, 2.75) is 20.8 Å². The molecule has 3 rings (SSSR count). The van der Waals surface area contributed by atoms with Crippen molar-refractivity contribution >= 4 is 33.1 Å². The van der Waals surface area contributed by atoms with Crippen LogP contribution in [0.3, 0.4) is 0 Å². The lowest BCUT2D eigenvalue weighted by Gasteiger charge is -2.13. The normalized spacial score (nSPS) is 11.0. The van der Waals surface area contributed by atoms with Crippen molar-refractivity contribution in [3.8, 4) is 0 Å². The standard InChI is InChI=1S/C17H18N2OS/c1-10-7-11(2)16(12(3)8-10)18-17(20)14-9-15-13(19(14)4)5-6-21-15/h5-9H,1-4H3,(H,18,20). The second-order valence-electron chi connectivity index (χ2n) is 5.49. The lowest BCUT2D eigenvalue weighted by molar-refractivity contribution is 0.101. The van der Waals surface area contributed by atoms with E-state index in [0.717, 1.165) is 27.0 Å². The third-order valence-corrected chi connectivity index (χ3v) is 4.67. The van der Waals surface area contributed by atoms with Gasteiger partial charge in [0.1, 0.15) is 5.69 Å². The summed E-state index contributed by atoms with van der Waals surface area (Å²) in [5.41, 5.74) is 6.10. The van der Waals surface area contributed by atoms with Crippen LogP contribution in [0.15, 0.2) is 29.6 Å². The van der Waals surface area contributed by atoms with Crippen LogP contribution >= 0.6 is 11.3 Å². The van der Waals surface area contributed by atoms with Crippen LogP contribution < -0.4 is 5.32 Å². The van der Waals surface area contributed by atoms with E-state index in [2.05, 4.69) is 24.4 Å². The van der Waals surface area contributed by atoms with E-state index in [4.69, 9.17) is 0 Å². The Hall–Kier alpha value is -2.07. The summed E-state index contributed by atoms with van der Waals surface area (Å²) >= 11 is 1.65. The van der Waals surface area contributed by atoms with Crippen molar-refractivity contribution in [1.82, 2.24) is 4.57 Å². The summed E-state index contributed by atoms with van der Waals surface area (Å²) in [5.74, 6) is -0.0593. The molecule has 3 aromatic rings. The number of aryl methyl sites for hydroxylation is 4. The molecular formula is C17H18N2OS. The van der Waals surface area contributed by atoms with Gasteiger partial charge in [-0.15, -0.1) is 11.3 Å². The van der Waals surface area contributed by atoms with Crippen molar-refractivity contribution in [3.05, 3.63) is 52.0 Å². The molecule has 0 radical (unpaired) electrons. The molecule has 0 unspecified atom stereocenters. The van der Waals surface area contributed by atoms with Crippen LogP contribution in [0.25, 0.3) is 10.2 Å². The minimum Gasteiger partial charge on any atom is -0.339 e. The quantitative estimate of drug-likeness (QED) is 0.746. The first-order valence-electron chi connectivity index (χ1n) is 6.89. The lowest BCUT2D eigenvalue weighted by Crippen LogP contribution is -2.17. The maximum Gasteiger partial charge on any atom is 0.272 e. The molecule has 0 aliphatic rings. The molecule has 0 spiro atoms. The maximum atomic E-state index is 12.6. The van der Waals surface area contributed by atoms with Crippen LogP contribution in [0.1, 0.15) is 27.2 Å². The first-order chi connectivity index (χ1) is 9.97. The largest absolute Gasteiger partial charge is 0.339 e. The number of aromatic nitrogens is 1. The van der Waals surface area contributed by atoms with Gasteiger partial charge in [-0.2, -0.15) is 0 Å². The van der Waals surface area contributed by atoms with Gasteiger partial charge in [-0.05, 0) is 49.4 Å². The summed E-state index contributed by atoms with van der Waals surface area (Å²) < 4.78 is 3.08. The third-order valence-electron chi connectivity index (χ3n) is 3.81. The Labute approximate surface area is 128 Å². The minimum absolute atomic E-state index is 0.0593. The Kier molecular flexibility index (Phi) is 3.33. The fourth-order valence-corrected chi connectivity index (χ4v) is 3.67. The van der Waals surface area contributed by atoms with E-state index in [-0.39, 0.29) is 5.91 Å². The van der Waals surface area contributed by atoms with E-state index in [1.807, 2.05) is 43.0 Å². The molecule has 2 heterocycles. The summed E-state index contributed by atoms with van der Waals surface area (Å²) in [6.07, 6.45) is 0. The van der Waals surface area contributed by atoms with E-state index in [1.54, 1.807) is 11.3 Å². The van der Waals surface area contributed by atoms with Crippen molar-refractivity contribution < 1.29 is 4.79 Å². The number of fused-ring (bicyclic) bond motifs is 1. The molecule has 0 atom stereocenters. The highest BCUT2D eigenvalue weighted by atomic mass is 32.1. The number of rotatable bonds is 2. The fraction of sp³-hybridized carbons (Fsp3) is 0.235. The minimum atomic E-state index is -0.0593. The number of amides is 1. The van der Waals surface area contributed by atoms with Crippen LogP contribution in [-0.4, -0.2) is 10.5 Å². The van der Waals surface area contributed by atoms with E-state index < -0.39 is 0 Å². The summed E-state index contributed by atoms with van der Waals surface area (Å²) in [6.45, 7) is 6.12. The molecule has 0 aliphatic carbocycles. The zero-order valence-electron chi connectivity index (χ0n) is 12.7. The van der Waals surface area contributed by atoms with Gasteiger partial charge in [-0.3, -0.25) is 4.79 Å². The molecule has 1 N–H and O–H groups in total. The Morgan fingerprint density at radius 3 is 2.43 bits per heavy atom. The van der Waals surface area contributed by atoms with Gasteiger partial charge in [0.05, 0.1) is 10.2 Å². The number of thiophene rings is 1. The van der Waals surface area contributed by atoms with Crippen molar-refractivity contribution in [2.24, 2.45) is 7.05 Å². The summed E-state index contributed by atoms with van der Waals surface area (Å²) in [4.78, 5) is 12.6. The summed E-state index contributed by atoms with van der Waals surface area (Å²) in [5, 5.41) is 5.10. The first-order valence-corrected chi connectivity index (χ1v) is 7.77. The highest BCUT2D eigenvalue weighted by molar-refractivity contribution is 7.17. The second kappa shape index (κ2) is 5.04. The Balaban J connectivity index is 1.97. The number of carbonyl (C=O) groups is 1. The Morgan fingerprint density at radius 2 is 1.81 bits per heavy atom. The molecule has 3 nitrogen and oxygen atoms in total. The highest BCUT2D eigenvalue weighted by Gasteiger charge is 2.16. The van der Waals surface area contributed by atoms with Gasteiger partial charge in [-0.1, -0.05) is 17.7 Å². The topological polar surface area (TPSA) is 34.0 Å².